The van der Waals surface area contributed by atoms with Gasteiger partial charge in [-0.15, -0.1) is 0 Å². The molecule has 0 amide bonds. The molecule has 0 unspecified atom stereocenters. The van der Waals surface area contributed by atoms with E-state index in [1.54, 1.807) is 0 Å². The van der Waals surface area contributed by atoms with Crippen LogP contribution < -0.4 is 0 Å². The highest BCUT2D eigenvalue weighted by atomic mass is 16.5. The SMILES string of the molecule is CC1(C)C[C@@H](CO)CO1. The topological polar surface area (TPSA) is 29.5 Å². The smallest absolute Gasteiger partial charge is 0.0631 e. The normalized spacial score (nSPS) is 33.0. The van der Waals surface area contributed by atoms with Gasteiger partial charge in [-0.25, -0.2) is 0 Å². The molecule has 9 heavy (non-hydrogen) atoms. The van der Waals surface area contributed by atoms with Crippen molar-refractivity contribution < 1.29 is 9.84 Å². The van der Waals surface area contributed by atoms with Crippen molar-refractivity contribution in [2.75, 3.05) is 13.2 Å². The first-order valence-corrected chi connectivity index (χ1v) is 3.39. The maximum Gasteiger partial charge on any atom is 0.0631 e. The monoisotopic (exact) mass is 130 g/mol. The van der Waals surface area contributed by atoms with Crippen molar-refractivity contribution in [3.8, 4) is 0 Å². The molecule has 1 N–H and O–H groups in total. The van der Waals surface area contributed by atoms with E-state index in [0.29, 0.717) is 5.92 Å². The number of aliphatic hydroxyl groups is 1. The summed E-state index contributed by atoms with van der Waals surface area (Å²) < 4.78 is 5.38. The molecular formula is C7H14O2. The summed E-state index contributed by atoms with van der Waals surface area (Å²) >= 11 is 0. The number of aliphatic hydroxyl groups excluding tert-OH is 1. The van der Waals surface area contributed by atoms with Gasteiger partial charge in [0.25, 0.3) is 0 Å². The lowest BCUT2D eigenvalue weighted by molar-refractivity contribution is 0.0338. The fraction of sp³-hybridized carbons (Fsp3) is 1.00. The number of hydrogen-bond acceptors (Lipinski definition) is 2. The maximum absolute atomic E-state index is 8.72. The molecule has 0 bridgehead atoms. The molecule has 1 saturated heterocycles. The van der Waals surface area contributed by atoms with E-state index in [1.165, 1.54) is 0 Å². The van der Waals surface area contributed by atoms with Gasteiger partial charge in [0.05, 0.1) is 12.2 Å². The zero-order valence-electron chi connectivity index (χ0n) is 6.05. The summed E-state index contributed by atoms with van der Waals surface area (Å²) in [7, 11) is 0. The van der Waals surface area contributed by atoms with Crippen molar-refractivity contribution in [3.05, 3.63) is 0 Å². The van der Waals surface area contributed by atoms with Gasteiger partial charge in [-0.05, 0) is 20.3 Å². The Morgan fingerprint density at radius 3 is 2.56 bits per heavy atom. The van der Waals surface area contributed by atoms with E-state index >= 15 is 0 Å². The molecule has 2 nitrogen and oxygen atoms in total. The second-order valence-electron chi connectivity index (χ2n) is 3.32. The lowest BCUT2D eigenvalue weighted by Gasteiger charge is -2.15. The zero-order valence-corrected chi connectivity index (χ0v) is 6.05. The first-order chi connectivity index (χ1) is 4.14. The van der Waals surface area contributed by atoms with Gasteiger partial charge in [-0.2, -0.15) is 0 Å². The van der Waals surface area contributed by atoms with Crippen LogP contribution in [-0.4, -0.2) is 23.9 Å². The van der Waals surface area contributed by atoms with Crippen molar-refractivity contribution in [2.45, 2.75) is 25.9 Å². The van der Waals surface area contributed by atoms with Crippen LogP contribution in [0.25, 0.3) is 0 Å². The molecule has 1 aliphatic heterocycles. The first-order valence-electron chi connectivity index (χ1n) is 3.39. The maximum atomic E-state index is 8.72. The minimum Gasteiger partial charge on any atom is -0.396 e. The van der Waals surface area contributed by atoms with Crippen molar-refractivity contribution >= 4 is 0 Å². The van der Waals surface area contributed by atoms with E-state index < -0.39 is 0 Å². The van der Waals surface area contributed by atoms with Gasteiger partial charge >= 0.3 is 0 Å². The Bertz CT molecular complexity index is 99.1. The van der Waals surface area contributed by atoms with Gasteiger partial charge in [0.1, 0.15) is 0 Å². The van der Waals surface area contributed by atoms with Crippen LogP contribution in [0.4, 0.5) is 0 Å². The average Bonchev–Trinajstić information content (AvgIpc) is 2.10. The van der Waals surface area contributed by atoms with Crippen LogP contribution in [0, 0.1) is 5.92 Å². The summed E-state index contributed by atoms with van der Waals surface area (Å²) in [5, 5.41) is 8.72. The second-order valence-corrected chi connectivity index (χ2v) is 3.32. The molecule has 0 aromatic heterocycles. The Hall–Kier alpha value is -0.0800. The van der Waals surface area contributed by atoms with E-state index in [2.05, 4.69) is 13.8 Å². The van der Waals surface area contributed by atoms with Crippen molar-refractivity contribution in [1.29, 1.82) is 0 Å². The highest BCUT2D eigenvalue weighted by Gasteiger charge is 2.30. The molecule has 0 aliphatic carbocycles. The third-order valence-corrected chi connectivity index (χ3v) is 1.75. The molecular weight excluding hydrogens is 116 g/mol. The molecule has 1 fully saturated rings. The Morgan fingerprint density at radius 1 is 1.67 bits per heavy atom. The Morgan fingerprint density at radius 2 is 2.33 bits per heavy atom. The van der Waals surface area contributed by atoms with Crippen molar-refractivity contribution in [3.63, 3.8) is 0 Å². The fourth-order valence-electron chi connectivity index (χ4n) is 1.27. The molecule has 0 saturated carbocycles. The van der Waals surface area contributed by atoms with Crippen LogP contribution >= 0.6 is 0 Å². The highest BCUT2D eigenvalue weighted by Crippen LogP contribution is 2.28. The van der Waals surface area contributed by atoms with Gasteiger partial charge in [-0.3, -0.25) is 0 Å². The van der Waals surface area contributed by atoms with E-state index in [4.69, 9.17) is 9.84 Å². The molecule has 1 aliphatic rings. The predicted molar refractivity (Wildman–Crippen MR) is 35.2 cm³/mol. The third-order valence-electron chi connectivity index (χ3n) is 1.75. The molecule has 1 rings (SSSR count). The van der Waals surface area contributed by atoms with E-state index in [-0.39, 0.29) is 12.2 Å². The van der Waals surface area contributed by atoms with Gasteiger partial charge in [-0.1, -0.05) is 0 Å². The van der Waals surface area contributed by atoms with E-state index in [1.807, 2.05) is 0 Å². The standard InChI is InChI=1S/C7H14O2/c1-7(2)3-6(4-8)5-9-7/h6,8H,3-5H2,1-2H3/t6-/m0/s1. The Balaban J connectivity index is 2.38. The van der Waals surface area contributed by atoms with Crippen LogP contribution in [0.15, 0.2) is 0 Å². The fourth-order valence-corrected chi connectivity index (χ4v) is 1.27. The quantitative estimate of drug-likeness (QED) is 0.568. The summed E-state index contributed by atoms with van der Waals surface area (Å²) in [6.45, 7) is 5.11. The molecule has 1 atom stereocenters. The van der Waals surface area contributed by atoms with Crippen molar-refractivity contribution in [2.24, 2.45) is 5.92 Å². The Kier molecular flexibility index (Phi) is 1.78. The molecule has 54 valence electrons. The summed E-state index contributed by atoms with van der Waals surface area (Å²) in [6.07, 6.45) is 0.990. The van der Waals surface area contributed by atoms with Gasteiger partial charge in [0.2, 0.25) is 0 Å². The number of ether oxygens (including phenoxy) is 1. The van der Waals surface area contributed by atoms with Gasteiger partial charge in [0.15, 0.2) is 0 Å². The van der Waals surface area contributed by atoms with Crippen molar-refractivity contribution in [1.82, 2.24) is 0 Å². The van der Waals surface area contributed by atoms with Gasteiger partial charge < -0.3 is 9.84 Å². The largest absolute Gasteiger partial charge is 0.396 e. The molecule has 0 aromatic carbocycles. The van der Waals surface area contributed by atoms with Crippen LogP contribution in [-0.2, 0) is 4.74 Å². The molecule has 0 aromatic rings. The zero-order chi connectivity index (χ0) is 6.91. The lowest BCUT2D eigenvalue weighted by Crippen LogP contribution is -2.17. The Labute approximate surface area is 55.8 Å². The summed E-state index contributed by atoms with van der Waals surface area (Å²) in [4.78, 5) is 0. The molecule has 0 radical (unpaired) electrons. The highest BCUT2D eigenvalue weighted by molar-refractivity contribution is 4.79. The molecule has 2 heteroatoms. The average molecular weight is 130 g/mol. The van der Waals surface area contributed by atoms with E-state index in [9.17, 15) is 0 Å². The van der Waals surface area contributed by atoms with Crippen LogP contribution in [0.1, 0.15) is 20.3 Å². The molecule has 0 spiro atoms. The number of rotatable bonds is 1. The number of hydrogen-bond donors (Lipinski definition) is 1. The third kappa shape index (κ3) is 1.66. The molecule has 1 heterocycles. The minimum atomic E-state index is 0.00734. The second kappa shape index (κ2) is 2.27. The summed E-state index contributed by atoms with van der Waals surface area (Å²) in [6, 6.07) is 0. The summed E-state index contributed by atoms with van der Waals surface area (Å²) in [5.41, 5.74) is 0.00734. The van der Waals surface area contributed by atoms with E-state index in [0.717, 1.165) is 13.0 Å². The van der Waals surface area contributed by atoms with Crippen LogP contribution in [0.3, 0.4) is 0 Å². The van der Waals surface area contributed by atoms with Crippen LogP contribution in [0.5, 0.6) is 0 Å². The lowest BCUT2D eigenvalue weighted by atomic mass is 9.99. The summed E-state index contributed by atoms with van der Waals surface area (Å²) in [5.74, 6) is 0.375. The predicted octanol–water partition coefficient (Wildman–Crippen LogP) is 0.794. The van der Waals surface area contributed by atoms with Crippen LogP contribution in [0.2, 0.25) is 0 Å². The first kappa shape index (κ1) is 7.03. The van der Waals surface area contributed by atoms with Gasteiger partial charge in [0, 0.05) is 12.5 Å². The minimum absolute atomic E-state index is 0.00734.